The van der Waals surface area contributed by atoms with Gasteiger partial charge in [-0.3, -0.25) is 4.79 Å². The first kappa shape index (κ1) is 19.3. The van der Waals surface area contributed by atoms with Gasteiger partial charge in [-0.2, -0.15) is 0 Å². The fraction of sp³-hybridized carbons (Fsp3) is 0.500. The Labute approximate surface area is 131 Å². The van der Waals surface area contributed by atoms with E-state index < -0.39 is 5.82 Å². The Morgan fingerprint density at radius 2 is 1.75 bits per heavy atom. The molecule has 1 saturated heterocycles. The normalized spacial score (nSPS) is 16.1. The molecule has 6 heteroatoms. The third-order valence-corrected chi connectivity index (χ3v) is 3.43. The topological polar surface area (TPSA) is 23.6 Å². The van der Waals surface area contributed by atoms with E-state index in [1.54, 1.807) is 18.2 Å². The molecule has 2 rings (SSSR count). The molecule has 3 nitrogen and oxygen atoms in total. The highest BCUT2D eigenvalue weighted by Gasteiger charge is 2.16. The lowest BCUT2D eigenvalue weighted by atomic mass is 10.1. The second-order valence-corrected chi connectivity index (χ2v) is 4.80. The van der Waals surface area contributed by atoms with Crippen molar-refractivity contribution in [3.8, 4) is 0 Å². The Kier molecular flexibility index (Phi) is 8.98. The molecule has 0 aliphatic carbocycles. The first-order valence-electron chi connectivity index (χ1n) is 6.35. The molecule has 0 bridgehead atoms. The number of hydrogen-bond acceptors (Lipinski definition) is 3. The summed E-state index contributed by atoms with van der Waals surface area (Å²) in [6, 6.07) is 6.20. The van der Waals surface area contributed by atoms with E-state index in [-0.39, 0.29) is 36.2 Å². The van der Waals surface area contributed by atoms with Crippen molar-refractivity contribution in [2.75, 3.05) is 39.8 Å². The number of rotatable bonds is 4. The van der Waals surface area contributed by atoms with Gasteiger partial charge in [0, 0.05) is 39.1 Å². The lowest BCUT2D eigenvalue weighted by Gasteiger charge is -2.32. The number of carbonyl (C=O) groups excluding carboxylic acids is 1. The van der Waals surface area contributed by atoms with Crippen LogP contribution in [0.5, 0.6) is 0 Å². The summed E-state index contributed by atoms with van der Waals surface area (Å²) in [4.78, 5) is 16.4. The molecular weight excluding hydrogens is 302 g/mol. The zero-order valence-corrected chi connectivity index (χ0v) is 13.2. The highest BCUT2D eigenvalue weighted by atomic mass is 35.5. The Balaban J connectivity index is 0.00000180. The molecule has 20 heavy (non-hydrogen) atoms. The van der Waals surface area contributed by atoms with Gasteiger partial charge in [-0.1, -0.05) is 12.1 Å². The number of hydrogen-bond donors (Lipinski definition) is 0. The monoisotopic (exact) mass is 322 g/mol. The molecule has 0 N–H and O–H groups in total. The van der Waals surface area contributed by atoms with Crippen LogP contribution in [-0.4, -0.2) is 55.4 Å². The first-order valence-corrected chi connectivity index (χ1v) is 6.35. The number of carbonyl (C=O) groups is 1. The zero-order valence-electron chi connectivity index (χ0n) is 11.5. The summed E-state index contributed by atoms with van der Waals surface area (Å²) in [5.74, 6) is -0.520. The van der Waals surface area contributed by atoms with Crippen LogP contribution in [0.3, 0.4) is 0 Å². The van der Waals surface area contributed by atoms with Crippen LogP contribution in [0.4, 0.5) is 4.39 Å². The molecule has 0 aromatic heterocycles. The van der Waals surface area contributed by atoms with Crippen molar-refractivity contribution in [3.63, 3.8) is 0 Å². The second-order valence-electron chi connectivity index (χ2n) is 4.80. The number of halogens is 3. The Bertz CT molecular complexity index is 423. The van der Waals surface area contributed by atoms with E-state index in [0.29, 0.717) is 6.42 Å². The molecule has 0 spiro atoms. The molecule has 0 radical (unpaired) electrons. The average molecular weight is 323 g/mol. The van der Waals surface area contributed by atoms with Gasteiger partial charge in [-0.25, -0.2) is 4.39 Å². The van der Waals surface area contributed by atoms with Crippen molar-refractivity contribution in [2.45, 2.75) is 6.42 Å². The van der Waals surface area contributed by atoms with Crippen molar-refractivity contribution < 1.29 is 9.18 Å². The molecule has 0 unspecified atom stereocenters. The molecule has 0 atom stereocenters. The zero-order chi connectivity index (χ0) is 13.0. The predicted molar refractivity (Wildman–Crippen MR) is 83.8 cm³/mol. The third kappa shape index (κ3) is 5.37. The van der Waals surface area contributed by atoms with E-state index in [2.05, 4.69) is 16.8 Å². The van der Waals surface area contributed by atoms with Gasteiger partial charge in [0.25, 0.3) is 0 Å². The molecule has 0 saturated carbocycles. The van der Waals surface area contributed by atoms with E-state index in [1.807, 2.05) is 0 Å². The molecule has 0 amide bonds. The van der Waals surface area contributed by atoms with Crippen molar-refractivity contribution in [2.24, 2.45) is 0 Å². The number of benzene rings is 1. The summed E-state index contributed by atoms with van der Waals surface area (Å²) in [6.07, 6.45) is 0.393. The van der Waals surface area contributed by atoms with Crippen LogP contribution in [0.25, 0.3) is 0 Å². The fourth-order valence-corrected chi connectivity index (χ4v) is 2.15. The summed E-state index contributed by atoms with van der Waals surface area (Å²) in [7, 11) is 2.10. The molecular formula is C14H21Cl2FN2O. The van der Waals surface area contributed by atoms with Crippen molar-refractivity contribution >= 4 is 30.6 Å². The van der Waals surface area contributed by atoms with Gasteiger partial charge in [0.05, 0.1) is 5.56 Å². The Hall–Kier alpha value is -0.680. The van der Waals surface area contributed by atoms with Gasteiger partial charge in [0.1, 0.15) is 5.82 Å². The molecule has 1 aliphatic rings. The maximum Gasteiger partial charge on any atom is 0.167 e. The van der Waals surface area contributed by atoms with Crippen LogP contribution >= 0.6 is 24.8 Å². The van der Waals surface area contributed by atoms with Gasteiger partial charge in [-0.15, -0.1) is 24.8 Å². The molecule has 1 heterocycles. The van der Waals surface area contributed by atoms with Crippen LogP contribution in [0, 0.1) is 5.82 Å². The number of piperazine rings is 1. The van der Waals surface area contributed by atoms with E-state index >= 15 is 0 Å². The van der Waals surface area contributed by atoms with Crippen molar-refractivity contribution in [3.05, 3.63) is 35.6 Å². The van der Waals surface area contributed by atoms with E-state index in [9.17, 15) is 9.18 Å². The SMILES string of the molecule is CN1CCN(CCC(=O)c2ccccc2F)CC1.Cl.Cl. The third-order valence-electron chi connectivity index (χ3n) is 3.43. The van der Waals surface area contributed by atoms with E-state index in [0.717, 1.165) is 32.7 Å². The van der Waals surface area contributed by atoms with Crippen LogP contribution in [-0.2, 0) is 0 Å². The van der Waals surface area contributed by atoms with Crippen LogP contribution in [0.2, 0.25) is 0 Å². The number of Topliss-reactive ketones (excluding diaryl/α,β-unsaturated/α-hetero) is 1. The molecule has 1 fully saturated rings. The summed E-state index contributed by atoms with van der Waals surface area (Å²) in [5, 5.41) is 0. The lowest BCUT2D eigenvalue weighted by molar-refractivity contribution is 0.0938. The summed E-state index contributed by atoms with van der Waals surface area (Å²) < 4.78 is 13.4. The molecule has 114 valence electrons. The maximum atomic E-state index is 13.4. The van der Waals surface area contributed by atoms with E-state index in [4.69, 9.17) is 0 Å². The standard InChI is InChI=1S/C14H19FN2O.2ClH/c1-16-8-10-17(11-9-16)7-6-14(18)12-4-2-3-5-13(12)15;;/h2-5H,6-11H2,1H3;2*1H. The summed E-state index contributed by atoms with van der Waals surface area (Å²) in [5.41, 5.74) is 0.214. The summed E-state index contributed by atoms with van der Waals surface area (Å²) in [6.45, 7) is 4.77. The number of nitrogens with zero attached hydrogens (tertiary/aromatic N) is 2. The molecule has 1 aromatic carbocycles. The van der Waals surface area contributed by atoms with E-state index in [1.165, 1.54) is 6.07 Å². The Morgan fingerprint density at radius 3 is 2.35 bits per heavy atom. The smallest absolute Gasteiger partial charge is 0.167 e. The molecule has 1 aliphatic heterocycles. The minimum Gasteiger partial charge on any atom is -0.304 e. The quantitative estimate of drug-likeness (QED) is 0.796. The van der Waals surface area contributed by atoms with Crippen molar-refractivity contribution in [1.82, 2.24) is 9.80 Å². The second kappa shape index (κ2) is 9.29. The minimum atomic E-state index is -0.416. The van der Waals surface area contributed by atoms with Gasteiger partial charge in [0.15, 0.2) is 5.78 Å². The highest BCUT2D eigenvalue weighted by Crippen LogP contribution is 2.10. The van der Waals surface area contributed by atoms with Crippen LogP contribution in [0.15, 0.2) is 24.3 Å². The Morgan fingerprint density at radius 1 is 1.15 bits per heavy atom. The van der Waals surface area contributed by atoms with Gasteiger partial charge in [0.2, 0.25) is 0 Å². The highest BCUT2D eigenvalue weighted by molar-refractivity contribution is 5.96. The molecule has 1 aromatic rings. The summed E-state index contributed by atoms with van der Waals surface area (Å²) >= 11 is 0. The largest absolute Gasteiger partial charge is 0.304 e. The van der Waals surface area contributed by atoms with Crippen LogP contribution < -0.4 is 0 Å². The van der Waals surface area contributed by atoms with Crippen molar-refractivity contribution in [1.29, 1.82) is 0 Å². The van der Waals surface area contributed by atoms with Gasteiger partial charge >= 0.3 is 0 Å². The fourth-order valence-electron chi connectivity index (χ4n) is 2.15. The predicted octanol–water partition coefficient (Wildman–Crippen LogP) is 2.49. The van der Waals surface area contributed by atoms with Gasteiger partial charge < -0.3 is 9.80 Å². The number of ketones is 1. The average Bonchev–Trinajstić information content (AvgIpc) is 2.38. The minimum absolute atomic E-state index is 0. The number of likely N-dealkylation sites (N-methyl/N-ethyl adjacent to an activating group) is 1. The first-order chi connectivity index (χ1) is 8.66. The van der Waals surface area contributed by atoms with Gasteiger partial charge in [-0.05, 0) is 19.2 Å². The van der Waals surface area contributed by atoms with Crippen LogP contribution in [0.1, 0.15) is 16.8 Å². The lowest BCUT2D eigenvalue weighted by Crippen LogP contribution is -2.45. The maximum absolute atomic E-state index is 13.4.